The maximum Gasteiger partial charge on any atom is 0.328 e. The average molecular weight is 418 g/mol. The molecule has 1 aromatic carbocycles. The Morgan fingerprint density at radius 2 is 1.90 bits per heavy atom. The normalized spacial score (nSPS) is 14.5. The highest BCUT2D eigenvalue weighted by atomic mass is 32.1. The van der Waals surface area contributed by atoms with Crippen LogP contribution in [0.1, 0.15) is 25.8 Å². The molecular formula is C20H22N2O6S. The number of nitro groups is 1. The van der Waals surface area contributed by atoms with Crippen LogP contribution in [-0.4, -0.2) is 51.1 Å². The van der Waals surface area contributed by atoms with Gasteiger partial charge in [-0.05, 0) is 37.3 Å². The lowest BCUT2D eigenvalue weighted by Crippen LogP contribution is -2.34. The molecule has 0 unspecified atom stereocenters. The zero-order valence-electron chi connectivity index (χ0n) is 16.1. The summed E-state index contributed by atoms with van der Waals surface area (Å²) < 4.78 is 0.992. The van der Waals surface area contributed by atoms with Gasteiger partial charge < -0.3 is 10.2 Å². The number of rotatable bonds is 5. The molecule has 0 atom stereocenters. The first kappa shape index (κ1) is 22.3. The fourth-order valence-corrected chi connectivity index (χ4v) is 4.00. The minimum atomic E-state index is -1.26. The summed E-state index contributed by atoms with van der Waals surface area (Å²) in [4.78, 5) is 32.5. The van der Waals surface area contributed by atoms with Gasteiger partial charge in [-0.25, -0.2) is 9.59 Å². The van der Waals surface area contributed by atoms with E-state index in [2.05, 4.69) is 30.2 Å². The highest BCUT2D eigenvalue weighted by molar-refractivity contribution is 7.17. The van der Waals surface area contributed by atoms with E-state index in [4.69, 9.17) is 10.2 Å². The summed E-state index contributed by atoms with van der Waals surface area (Å²) in [6, 6.07) is 5.86. The molecule has 2 heterocycles. The lowest BCUT2D eigenvalue weighted by atomic mass is 9.97. The molecule has 3 rings (SSSR count). The molecule has 0 saturated carbocycles. The zero-order valence-corrected chi connectivity index (χ0v) is 16.9. The van der Waals surface area contributed by atoms with Crippen molar-refractivity contribution in [2.75, 3.05) is 13.1 Å². The molecule has 0 fully saturated rings. The van der Waals surface area contributed by atoms with Gasteiger partial charge in [-0.1, -0.05) is 12.1 Å². The molecule has 0 spiro atoms. The van der Waals surface area contributed by atoms with Crippen LogP contribution in [0.25, 0.3) is 15.7 Å². The summed E-state index contributed by atoms with van der Waals surface area (Å²) in [5.41, 5.74) is 2.51. The van der Waals surface area contributed by atoms with E-state index in [1.807, 2.05) is 6.07 Å². The maximum atomic E-state index is 11.3. The van der Waals surface area contributed by atoms with Crippen LogP contribution in [0.4, 0.5) is 5.69 Å². The third-order valence-electron chi connectivity index (χ3n) is 4.46. The van der Waals surface area contributed by atoms with Crippen LogP contribution in [0.2, 0.25) is 0 Å². The Hall–Kier alpha value is -3.04. The second kappa shape index (κ2) is 9.94. The topological polar surface area (TPSA) is 121 Å². The molecule has 1 aliphatic rings. The van der Waals surface area contributed by atoms with Crippen molar-refractivity contribution in [3.63, 3.8) is 0 Å². The van der Waals surface area contributed by atoms with Crippen molar-refractivity contribution in [3.05, 3.63) is 57.5 Å². The molecule has 0 saturated heterocycles. The quantitative estimate of drug-likeness (QED) is 0.427. The van der Waals surface area contributed by atoms with E-state index in [-0.39, 0.29) is 10.6 Å². The number of hydrogen-bond donors (Lipinski definition) is 2. The molecule has 29 heavy (non-hydrogen) atoms. The second-order valence-corrected chi connectivity index (χ2v) is 7.55. The van der Waals surface area contributed by atoms with Crippen LogP contribution in [0, 0.1) is 10.1 Å². The first-order chi connectivity index (χ1) is 13.7. The lowest BCUT2D eigenvalue weighted by Gasteiger charge is -2.29. The maximum absolute atomic E-state index is 11.3. The molecule has 9 heteroatoms. The van der Waals surface area contributed by atoms with Gasteiger partial charge in [-0.2, -0.15) is 0 Å². The van der Waals surface area contributed by atoms with Gasteiger partial charge in [0.15, 0.2) is 0 Å². The molecular weight excluding hydrogens is 396 g/mol. The fraction of sp³-hybridized carbons (Fsp3) is 0.300. The standard InChI is InChI=1S/C16H18N2O2S.C4H4O4/c1-11(2)17-8-6-12(7-9-17)13-10-21-15-5-3-4-14(16(13)15)18(19)20;5-3(6)1-2-4(7)8/h3-6,10-11H,7-9H2,1-2H3;1-2H,(H,5,6)(H,7,8). The number of nitrogens with zero attached hydrogens (tertiary/aromatic N) is 2. The summed E-state index contributed by atoms with van der Waals surface area (Å²) in [5, 5.41) is 29.8. The number of carboxylic acid groups (broad SMARTS) is 2. The summed E-state index contributed by atoms with van der Waals surface area (Å²) in [6.07, 6.45) is 4.29. The van der Waals surface area contributed by atoms with E-state index >= 15 is 0 Å². The van der Waals surface area contributed by atoms with Crippen molar-refractivity contribution < 1.29 is 24.7 Å². The molecule has 2 aromatic rings. The summed E-state index contributed by atoms with van der Waals surface area (Å²) in [7, 11) is 0. The van der Waals surface area contributed by atoms with Crippen LogP contribution >= 0.6 is 11.3 Å². The highest BCUT2D eigenvalue weighted by Gasteiger charge is 2.21. The van der Waals surface area contributed by atoms with Crippen molar-refractivity contribution in [2.24, 2.45) is 0 Å². The number of thiophene rings is 1. The van der Waals surface area contributed by atoms with Crippen molar-refractivity contribution in [1.82, 2.24) is 4.90 Å². The van der Waals surface area contributed by atoms with E-state index < -0.39 is 11.9 Å². The van der Waals surface area contributed by atoms with E-state index in [0.29, 0.717) is 18.2 Å². The zero-order chi connectivity index (χ0) is 21.6. The summed E-state index contributed by atoms with van der Waals surface area (Å²) in [5.74, 6) is -2.51. The predicted octanol–water partition coefficient (Wildman–Crippen LogP) is 4.02. The first-order valence-electron chi connectivity index (χ1n) is 8.92. The van der Waals surface area contributed by atoms with Crippen LogP contribution in [0.3, 0.4) is 0 Å². The first-order valence-corrected chi connectivity index (χ1v) is 9.80. The van der Waals surface area contributed by atoms with Crippen LogP contribution in [0.15, 0.2) is 41.8 Å². The number of non-ortho nitro benzene ring substituents is 1. The van der Waals surface area contributed by atoms with Gasteiger partial charge in [0.25, 0.3) is 5.69 Å². The summed E-state index contributed by atoms with van der Waals surface area (Å²) >= 11 is 1.59. The molecule has 1 aromatic heterocycles. The number of aliphatic carboxylic acids is 2. The number of carboxylic acids is 2. The minimum absolute atomic E-state index is 0.218. The second-order valence-electron chi connectivity index (χ2n) is 6.63. The Balaban J connectivity index is 0.000000321. The summed E-state index contributed by atoms with van der Waals surface area (Å²) in [6.45, 7) is 6.33. The van der Waals surface area contributed by atoms with Crippen molar-refractivity contribution in [2.45, 2.75) is 26.3 Å². The Morgan fingerprint density at radius 3 is 2.38 bits per heavy atom. The van der Waals surface area contributed by atoms with Gasteiger partial charge in [0, 0.05) is 47.6 Å². The largest absolute Gasteiger partial charge is 0.478 e. The van der Waals surface area contributed by atoms with E-state index in [9.17, 15) is 19.7 Å². The Kier molecular flexibility index (Phi) is 7.63. The van der Waals surface area contributed by atoms with Gasteiger partial charge in [0.05, 0.1) is 10.3 Å². The van der Waals surface area contributed by atoms with Gasteiger partial charge >= 0.3 is 11.9 Å². The SMILES string of the molecule is CC(C)N1CC=C(c2csc3cccc([N+](=O)[O-])c23)CC1.O=C(O)C=CC(=O)O. The van der Waals surface area contributed by atoms with Crippen LogP contribution in [0.5, 0.6) is 0 Å². The van der Waals surface area contributed by atoms with E-state index in [1.54, 1.807) is 23.5 Å². The van der Waals surface area contributed by atoms with Gasteiger partial charge in [-0.3, -0.25) is 15.0 Å². The monoisotopic (exact) mass is 418 g/mol. The number of nitro benzene ring substituents is 1. The fourth-order valence-electron chi connectivity index (χ4n) is 3.00. The van der Waals surface area contributed by atoms with Crippen molar-refractivity contribution >= 4 is 44.6 Å². The van der Waals surface area contributed by atoms with E-state index in [1.165, 1.54) is 5.57 Å². The smallest absolute Gasteiger partial charge is 0.328 e. The predicted molar refractivity (Wildman–Crippen MR) is 112 cm³/mol. The molecule has 2 N–H and O–H groups in total. The number of carbonyl (C=O) groups is 2. The Bertz CT molecular complexity index is 961. The van der Waals surface area contributed by atoms with Crippen molar-refractivity contribution in [3.8, 4) is 0 Å². The lowest BCUT2D eigenvalue weighted by molar-refractivity contribution is -0.383. The molecule has 8 nitrogen and oxygen atoms in total. The van der Waals surface area contributed by atoms with Gasteiger partial charge in [0.1, 0.15) is 0 Å². The van der Waals surface area contributed by atoms with Crippen LogP contribution in [-0.2, 0) is 9.59 Å². The molecule has 0 bridgehead atoms. The van der Waals surface area contributed by atoms with Crippen molar-refractivity contribution in [1.29, 1.82) is 0 Å². The van der Waals surface area contributed by atoms with Gasteiger partial charge in [-0.15, -0.1) is 11.3 Å². The third-order valence-corrected chi connectivity index (χ3v) is 5.41. The third kappa shape index (κ3) is 5.97. The Morgan fingerprint density at radius 1 is 1.24 bits per heavy atom. The van der Waals surface area contributed by atoms with Crippen LogP contribution < -0.4 is 0 Å². The average Bonchev–Trinajstić information content (AvgIpc) is 3.11. The molecule has 154 valence electrons. The molecule has 1 aliphatic heterocycles. The number of benzene rings is 1. The molecule has 0 amide bonds. The molecule has 0 aliphatic carbocycles. The van der Waals surface area contributed by atoms with Gasteiger partial charge in [0.2, 0.25) is 0 Å². The minimum Gasteiger partial charge on any atom is -0.478 e. The Labute approximate surface area is 171 Å². The molecule has 0 radical (unpaired) electrons. The highest BCUT2D eigenvalue weighted by Crippen LogP contribution is 2.38. The van der Waals surface area contributed by atoms with E-state index in [0.717, 1.165) is 35.2 Å². The number of hydrogen-bond acceptors (Lipinski definition) is 6. The number of fused-ring (bicyclic) bond motifs is 1.